The fourth-order valence-corrected chi connectivity index (χ4v) is 4.22. The van der Waals surface area contributed by atoms with E-state index in [0.717, 1.165) is 77.2 Å². The van der Waals surface area contributed by atoms with Crippen molar-refractivity contribution in [3.8, 4) is 0 Å². The quantitative estimate of drug-likeness (QED) is 0.224. The first-order valence-corrected chi connectivity index (χ1v) is 11.6. The molecule has 2 atom stereocenters. The summed E-state index contributed by atoms with van der Waals surface area (Å²) in [7, 11) is 0. The summed E-state index contributed by atoms with van der Waals surface area (Å²) >= 11 is 0. The Kier molecular flexibility index (Phi) is 11.2. The van der Waals surface area contributed by atoms with Crippen LogP contribution in [0.25, 0.3) is 0 Å². The van der Waals surface area contributed by atoms with Crippen LogP contribution in [0.5, 0.6) is 0 Å². The lowest BCUT2D eigenvalue weighted by Crippen LogP contribution is -2.47. The van der Waals surface area contributed by atoms with Gasteiger partial charge in [0.15, 0.2) is 5.96 Å². The SMILES string of the molecule is CCNC(=NCCCN1CCN(c2ncccn2)CC1)NC1CN(C(C)C)CC1C.I. The maximum Gasteiger partial charge on any atom is 0.225 e. The Morgan fingerprint density at radius 1 is 1.16 bits per heavy atom. The molecule has 0 bridgehead atoms. The average Bonchev–Trinajstić information content (AvgIpc) is 3.13. The normalized spacial score (nSPS) is 23.1. The molecule has 31 heavy (non-hydrogen) atoms. The predicted octanol–water partition coefficient (Wildman–Crippen LogP) is 1.89. The fraction of sp³-hybridized carbons (Fsp3) is 0.773. The van der Waals surface area contributed by atoms with Crippen molar-refractivity contribution in [2.24, 2.45) is 10.9 Å². The van der Waals surface area contributed by atoms with E-state index in [1.807, 2.05) is 18.5 Å². The van der Waals surface area contributed by atoms with Gasteiger partial charge in [0.1, 0.15) is 0 Å². The predicted molar refractivity (Wildman–Crippen MR) is 139 cm³/mol. The molecule has 0 aromatic carbocycles. The van der Waals surface area contributed by atoms with Crippen LogP contribution in [0, 0.1) is 5.92 Å². The number of aliphatic imine (C=N–C) groups is 1. The van der Waals surface area contributed by atoms with Gasteiger partial charge in [-0.25, -0.2) is 9.97 Å². The summed E-state index contributed by atoms with van der Waals surface area (Å²) in [5.41, 5.74) is 0. The van der Waals surface area contributed by atoms with E-state index < -0.39 is 0 Å². The minimum atomic E-state index is 0. The summed E-state index contributed by atoms with van der Waals surface area (Å²) in [6.45, 7) is 18.2. The second-order valence-electron chi connectivity index (χ2n) is 8.77. The van der Waals surface area contributed by atoms with Gasteiger partial charge in [-0.1, -0.05) is 6.92 Å². The zero-order valence-corrected chi connectivity index (χ0v) is 22.0. The van der Waals surface area contributed by atoms with Crippen LogP contribution in [0.4, 0.5) is 5.95 Å². The Morgan fingerprint density at radius 3 is 2.48 bits per heavy atom. The van der Waals surface area contributed by atoms with Crippen LogP contribution in [-0.2, 0) is 0 Å². The summed E-state index contributed by atoms with van der Waals surface area (Å²) in [5, 5.41) is 7.10. The minimum absolute atomic E-state index is 0. The van der Waals surface area contributed by atoms with Crippen LogP contribution in [0.3, 0.4) is 0 Å². The lowest BCUT2D eigenvalue weighted by molar-refractivity contribution is 0.255. The molecule has 0 spiro atoms. The Labute approximate surface area is 205 Å². The first-order valence-electron chi connectivity index (χ1n) is 11.6. The molecular weight excluding hydrogens is 503 g/mol. The van der Waals surface area contributed by atoms with E-state index in [-0.39, 0.29) is 24.0 Å². The first kappa shape index (κ1) is 26.1. The van der Waals surface area contributed by atoms with E-state index in [0.29, 0.717) is 18.0 Å². The fourth-order valence-electron chi connectivity index (χ4n) is 4.22. The summed E-state index contributed by atoms with van der Waals surface area (Å²) in [4.78, 5) is 20.9. The number of hydrogen-bond acceptors (Lipinski definition) is 6. The van der Waals surface area contributed by atoms with E-state index >= 15 is 0 Å². The van der Waals surface area contributed by atoms with E-state index in [2.05, 4.69) is 63.0 Å². The Balaban J connectivity index is 0.00000341. The van der Waals surface area contributed by atoms with E-state index in [1.165, 1.54) is 0 Å². The molecule has 2 unspecified atom stereocenters. The van der Waals surface area contributed by atoms with Crippen molar-refractivity contribution in [2.45, 2.75) is 46.2 Å². The molecule has 3 rings (SSSR count). The molecule has 2 fully saturated rings. The van der Waals surface area contributed by atoms with Crippen LogP contribution in [0.2, 0.25) is 0 Å². The maximum absolute atomic E-state index is 4.85. The largest absolute Gasteiger partial charge is 0.357 e. The highest BCUT2D eigenvalue weighted by atomic mass is 127. The van der Waals surface area contributed by atoms with E-state index in [9.17, 15) is 0 Å². The van der Waals surface area contributed by atoms with Gasteiger partial charge >= 0.3 is 0 Å². The molecular formula is C22H41IN8. The van der Waals surface area contributed by atoms with Crippen molar-refractivity contribution >= 4 is 35.9 Å². The number of halogens is 1. The van der Waals surface area contributed by atoms with Crippen LogP contribution in [0.15, 0.2) is 23.5 Å². The molecule has 176 valence electrons. The van der Waals surface area contributed by atoms with Gasteiger partial charge in [-0.2, -0.15) is 0 Å². The van der Waals surface area contributed by atoms with Gasteiger partial charge in [-0.3, -0.25) is 14.8 Å². The molecule has 2 N–H and O–H groups in total. The molecule has 2 saturated heterocycles. The number of guanidine groups is 1. The second kappa shape index (κ2) is 13.4. The third-order valence-corrected chi connectivity index (χ3v) is 6.15. The highest BCUT2D eigenvalue weighted by Crippen LogP contribution is 2.18. The molecule has 9 heteroatoms. The van der Waals surface area contributed by atoms with Gasteiger partial charge in [0.25, 0.3) is 0 Å². The molecule has 2 aliphatic rings. The molecule has 0 saturated carbocycles. The summed E-state index contributed by atoms with van der Waals surface area (Å²) < 4.78 is 0. The standard InChI is InChI=1S/C22H40N8.HI/c1-5-23-21(27-20-17-30(18(2)3)16-19(20)4)24-10-7-11-28-12-14-29(15-13-28)22-25-8-6-9-26-22;/h6,8-9,18-20H,5,7,10-17H2,1-4H3,(H2,23,24,27);1H. The maximum atomic E-state index is 4.85. The minimum Gasteiger partial charge on any atom is -0.357 e. The van der Waals surface area contributed by atoms with Gasteiger partial charge in [-0.05, 0) is 39.2 Å². The molecule has 0 aliphatic carbocycles. The van der Waals surface area contributed by atoms with Crippen molar-refractivity contribution in [1.82, 2.24) is 30.4 Å². The Hall–Kier alpha value is -1.20. The lowest BCUT2D eigenvalue weighted by atomic mass is 10.1. The lowest BCUT2D eigenvalue weighted by Gasteiger charge is -2.34. The molecule has 3 heterocycles. The van der Waals surface area contributed by atoms with Crippen LogP contribution < -0.4 is 15.5 Å². The van der Waals surface area contributed by atoms with Crippen molar-refractivity contribution in [3.63, 3.8) is 0 Å². The van der Waals surface area contributed by atoms with Crippen LogP contribution in [0.1, 0.15) is 34.1 Å². The van der Waals surface area contributed by atoms with Crippen molar-refractivity contribution in [1.29, 1.82) is 0 Å². The molecule has 1 aromatic heterocycles. The number of anilines is 1. The highest BCUT2D eigenvalue weighted by Gasteiger charge is 2.31. The second-order valence-corrected chi connectivity index (χ2v) is 8.77. The number of rotatable bonds is 8. The number of nitrogens with one attached hydrogen (secondary N) is 2. The van der Waals surface area contributed by atoms with Crippen molar-refractivity contribution < 1.29 is 0 Å². The molecule has 0 amide bonds. The Bertz CT molecular complexity index is 648. The summed E-state index contributed by atoms with van der Waals surface area (Å²) in [6.07, 6.45) is 4.71. The van der Waals surface area contributed by atoms with Gasteiger partial charge in [0, 0.05) is 83.4 Å². The molecule has 1 aromatic rings. The first-order chi connectivity index (χ1) is 14.6. The van der Waals surface area contributed by atoms with Gasteiger partial charge in [0.2, 0.25) is 5.95 Å². The van der Waals surface area contributed by atoms with Crippen molar-refractivity contribution in [3.05, 3.63) is 18.5 Å². The van der Waals surface area contributed by atoms with Crippen LogP contribution >= 0.6 is 24.0 Å². The van der Waals surface area contributed by atoms with Crippen molar-refractivity contribution in [2.75, 3.05) is 63.8 Å². The van der Waals surface area contributed by atoms with E-state index in [1.54, 1.807) is 0 Å². The Morgan fingerprint density at radius 2 is 1.87 bits per heavy atom. The number of nitrogens with zero attached hydrogens (tertiary/aromatic N) is 6. The summed E-state index contributed by atoms with van der Waals surface area (Å²) in [6, 6.07) is 2.94. The average molecular weight is 545 g/mol. The number of piperazine rings is 1. The van der Waals surface area contributed by atoms with E-state index in [4.69, 9.17) is 4.99 Å². The third-order valence-electron chi connectivity index (χ3n) is 6.15. The van der Waals surface area contributed by atoms with Gasteiger partial charge in [-0.15, -0.1) is 24.0 Å². The monoisotopic (exact) mass is 544 g/mol. The topological polar surface area (TPSA) is 71.9 Å². The zero-order chi connectivity index (χ0) is 21.3. The number of hydrogen-bond donors (Lipinski definition) is 2. The molecule has 2 aliphatic heterocycles. The van der Waals surface area contributed by atoms with Gasteiger partial charge < -0.3 is 15.5 Å². The van der Waals surface area contributed by atoms with Gasteiger partial charge in [0.05, 0.1) is 0 Å². The third kappa shape index (κ3) is 8.02. The highest BCUT2D eigenvalue weighted by molar-refractivity contribution is 14.0. The molecule has 8 nitrogen and oxygen atoms in total. The van der Waals surface area contributed by atoms with Crippen LogP contribution in [-0.4, -0.2) is 96.7 Å². The summed E-state index contributed by atoms with van der Waals surface area (Å²) in [5.74, 6) is 2.45. The number of aromatic nitrogens is 2. The molecule has 0 radical (unpaired) electrons. The zero-order valence-electron chi connectivity index (χ0n) is 19.6. The number of likely N-dealkylation sites (tertiary alicyclic amines) is 1. The smallest absolute Gasteiger partial charge is 0.225 e.